The molecule has 0 atom stereocenters. The van der Waals surface area contributed by atoms with Crippen LogP contribution in [0.3, 0.4) is 0 Å². The van der Waals surface area contributed by atoms with E-state index in [2.05, 4.69) is 13.8 Å². The predicted molar refractivity (Wildman–Crippen MR) is 66.3 cm³/mol. The van der Waals surface area contributed by atoms with Crippen molar-refractivity contribution < 1.29 is 19.1 Å². The maximum absolute atomic E-state index is 12.1. The Kier molecular flexibility index (Phi) is 5.42. The predicted octanol–water partition coefficient (Wildman–Crippen LogP) is 2.24. The molecule has 5 nitrogen and oxygen atoms in total. The van der Waals surface area contributed by atoms with Crippen LogP contribution in [0, 0.1) is 5.92 Å². The Morgan fingerprint density at radius 1 is 1.39 bits per heavy atom. The zero-order chi connectivity index (χ0) is 13.5. The minimum absolute atomic E-state index is 0.0400. The first-order chi connectivity index (χ1) is 8.50. The fourth-order valence-electron chi connectivity index (χ4n) is 1.53. The number of furan rings is 1. The molecule has 0 aliphatic rings. The number of nitrogens with zero attached hydrogens (tertiary/aromatic N) is 1. The number of hydrogen-bond acceptors (Lipinski definition) is 3. The molecule has 5 heteroatoms. The van der Waals surface area contributed by atoms with Gasteiger partial charge in [0, 0.05) is 13.1 Å². The normalized spacial score (nSPS) is 10.6. The summed E-state index contributed by atoms with van der Waals surface area (Å²) in [5.41, 5.74) is 0.462. The topological polar surface area (TPSA) is 70.8 Å². The standard InChI is InChI=1S/C13H19NO4/c1-10(2)3-6-14(7-4-12(15)16)13(17)11-5-8-18-9-11/h5,8-10H,3-4,6-7H2,1-2H3,(H,15,16). The third-order valence-corrected chi connectivity index (χ3v) is 2.63. The number of carboxylic acid groups (broad SMARTS) is 1. The van der Waals surface area contributed by atoms with Gasteiger partial charge in [-0.25, -0.2) is 0 Å². The molecule has 0 radical (unpaired) electrons. The Balaban J connectivity index is 2.63. The average molecular weight is 253 g/mol. The number of carbonyl (C=O) groups excluding carboxylic acids is 1. The van der Waals surface area contributed by atoms with Crippen LogP contribution in [0.5, 0.6) is 0 Å². The molecule has 0 unspecified atom stereocenters. The summed E-state index contributed by atoms with van der Waals surface area (Å²) in [6, 6.07) is 1.59. The van der Waals surface area contributed by atoms with Gasteiger partial charge in [-0.2, -0.15) is 0 Å². The van der Waals surface area contributed by atoms with Gasteiger partial charge in [-0.1, -0.05) is 13.8 Å². The summed E-state index contributed by atoms with van der Waals surface area (Å²) >= 11 is 0. The van der Waals surface area contributed by atoms with Crippen molar-refractivity contribution in [3.05, 3.63) is 24.2 Å². The van der Waals surface area contributed by atoms with Crippen LogP contribution >= 0.6 is 0 Å². The van der Waals surface area contributed by atoms with E-state index in [1.54, 1.807) is 11.0 Å². The first-order valence-electron chi connectivity index (χ1n) is 6.04. The zero-order valence-electron chi connectivity index (χ0n) is 10.8. The van der Waals surface area contributed by atoms with Crippen molar-refractivity contribution >= 4 is 11.9 Å². The highest BCUT2D eigenvalue weighted by molar-refractivity contribution is 5.94. The van der Waals surface area contributed by atoms with Crippen molar-refractivity contribution in [1.82, 2.24) is 4.90 Å². The molecule has 0 saturated heterocycles. The lowest BCUT2D eigenvalue weighted by atomic mass is 10.1. The van der Waals surface area contributed by atoms with Gasteiger partial charge in [-0.3, -0.25) is 9.59 Å². The number of rotatable bonds is 7. The summed E-state index contributed by atoms with van der Waals surface area (Å²) in [7, 11) is 0. The molecular formula is C13H19NO4. The second kappa shape index (κ2) is 6.83. The van der Waals surface area contributed by atoms with Crippen LogP contribution in [0.1, 0.15) is 37.0 Å². The highest BCUT2D eigenvalue weighted by Crippen LogP contribution is 2.09. The van der Waals surface area contributed by atoms with Crippen LogP contribution in [0.15, 0.2) is 23.0 Å². The van der Waals surface area contributed by atoms with Crippen LogP contribution in [-0.4, -0.2) is 35.0 Å². The van der Waals surface area contributed by atoms with Crippen molar-refractivity contribution in [2.24, 2.45) is 5.92 Å². The van der Waals surface area contributed by atoms with Gasteiger partial charge >= 0.3 is 5.97 Å². The molecule has 0 saturated carbocycles. The van der Waals surface area contributed by atoms with Crippen molar-refractivity contribution in [2.45, 2.75) is 26.7 Å². The van der Waals surface area contributed by atoms with E-state index in [9.17, 15) is 9.59 Å². The molecule has 0 aliphatic carbocycles. The maximum Gasteiger partial charge on any atom is 0.305 e. The fourth-order valence-corrected chi connectivity index (χ4v) is 1.53. The summed E-state index contributed by atoms with van der Waals surface area (Å²) < 4.78 is 4.87. The number of carboxylic acids is 1. The van der Waals surface area contributed by atoms with Gasteiger partial charge in [0.25, 0.3) is 5.91 Å². The van der Waals surface area contributed by atoms with Gasteiger partial charge in [0.2, 0.25) is 0 Å². The van der Waals surface area contributed by atoms with Crippen molar-refractivity contribution in [3.8, 4) is 0 Å². The highest BCUT2D eigenvalue weighted by atomic mass is 16.4. The third-order valence-electron chi connectivity index (χ3n) is 2.63. The average Bonchev–Trinajstić information content (AvgIpc) is 2.81. The molecule has 1 N–H and O–H groups in total. The summed E-state index contributed by atoms with van der Waals surface area (Å²) in [5, 5.41) is 8.70. The van der Waals surface area contributed by atoms with Gasteiger partial charge in [0.1, 0.15) is 6.26 Å². The number of hydrogen-bond donors (Lipinski definition) is 1. The molecule has 0 aliphatic heterocycles. The van der Waals surface area contributed by atoms with E-state index < -0.39 is 5.97 Å². The van der Waals surface area contributed by atoms with E-state index in [1.807, 2.05) is 0 Å². The Labute approximate surface area is 106 Å². The lowest BCUT2D eigenvalue weighted by Crippen LogP contribution is -2.34. The van der Waals surface area contributed by atoms with Crippen LogP contribution in [0.2, 0.25) is 0 Å². The Morgan fingerprint density at radius 2 is 2.11 bits per heavy atom. The summed E-state index contributed by atoms with van der Waals surface area (Å²) in [5.74, 6) is -0.607. The molecule has 1 heterocycles. The van der Waals surface area contributed by atoms with Gasteiger partial charge < -0.3 is 14.4 Å². The van der Waals surface area contributed by atoms with E-state index in [0.717, 1.165) is 6.42 Å². The lowest BCUT2D eigenvalue weighted by molar-refractivity contribution is -0.137. The first kappa shape index (κ1) is 14.3. The van der Waals surface area contributed by atoms with Crippen LogP contribution in [-0.2, 0) is 4.79 Å². The molecule has 18 heavy (non-hydrogen) atoms. The first-order valence-corrected chi connectivity index (χ1v) is 6.04. The van der Waals surface area contributed by atoms with E-state index >= 15 is 0 Å². The van der Waals surface area contributed by atoms with E-state index in [0.29, 0.717) is 18.0 Å². The Morgan fingerprint density at radius 3 is 2.61 bits per heavy atom. The summed E-state index contributed by atoms with van der Waals surface area (Å²) in [6.07, 6.45) is 3.63. The smallest absolute Gasteiger partial charge is 0.305 e. The van der Waals surface area contributed by atoms with Gasteiger partial charge in [-0.15, -0.1) is 0 Å². The Bertz CT molecular complexity index is 384. The highest BCUT2D eigenvalue weighted by Gasteiger charge is 2.17. The van der Waals surface area contributed by atoms with Crippen LogP contribution < -0.4 is 0 Å². The second-order valence-corrected chi connectivity index (χ2v) is 4.63. The van der Waals surface area contributed by atoms with Crippen molar-refractivity contribution in [1.29, 1.82) is 0 Å². The number of aliphatic carboxylic acids is 1. The minimum atomic E-state index is -0.899. The number of amides is 1. The van der Waals surface area contributed by atoms with E-state index in [-0.39, 0.29) is 18.9 Å². The second-order valence-electron chi connectivity index (χ2n) is 4.63. The quantitative estimate of drug-likeness (QED) is 0.809. The van der Waals surface area contributed by atoms with Gasteiger partial charge in [-0.05, 0) is 18.4 Å². The van der Waals surface area contributed by atoms with E-state index in [1.165, 1.54) is 12.5 Å². The van der Waals surface area contributed by atoms with Crippen LogP contribution in [0.25, 0.3) is 0 Å². The van der Waals surface area contributed by atoms with Gasteiger partial charge in [0.05, 0.1) is 18.2 Å². The van der Waals surface area contributed by atoms with Crippen molar-refractivity contribution in [2.75, 3.05) is 13.1 Å². The lowest BCUT2D eigenvalue weighted by Gasteiger charge is -2.22. The molecule has 1 aromatic rings. The van der Waals surface area contributed by atoms with E-state index in [4.69, 9.17) is 9.52 Å². The molecule has 1 rings (SSSR count). The largest absolute Gasteiger partial charge is 0.481 e. The summed E-state index contributed by atoms with van der Waals surface area (Å²) in [4.78, 5) is 24.3. The SMILES string of the molecule is CC(C)CCN(CCC(=O)O)C(=O)c1ccoc1. The third kappa shape index (κ3) is 4.61. The van der Waals surface area contributed by atoms with Gasteiger partial charge in [0.15, 0.2) is 0 Å². The minimum Gasteiger partial charge on any atom is -0.481 e. The summed E-state index contributed by atoms with van der Waals surface area (Å²) in [6.45, 7) is 4.93. The molecule has 0 fully saturated rings. The maximum atomic E-state index is 12.1. The molecule has 0 bridgehead atoms. The Hall–Kier alpha value is -1.78. The fraction of sp³-hybridized carbons (Fsp3) is 0.538. The van der Waals surface area contributed by atoms with Crippen molar-refractivity contribution in [3.63, 3.8) is 0 Å². The van der Waals surface area contributed by atoms with Crippen LogP contribution in [0.4, 0.5) is 0 Å². The molecule has 1 amide bonds. The molecule has 100 valence electrons. The molecule has 0 spiro atoms. The zero-order valence-corrected chi connectivity index (χ0v) is 10.8. The molecular weight excluding hydrogens is 234 g/mol. The molecule has 0 aromatic carbocycles. The number of carbonyl (C=O) groups is 2. The molecule has 1 aromatic heterocycles. The monoisotopic (exact) mass is 253 g/mol.